The maximum atomic E-state index is 10.3. The lowest BCUT2D eigenvalue weighted by molar-refractivity contribution is -0.361. The van der Waals surface area contributed by atoms with E-state index in [0.29, 0.717) is 0 Å². The second kappa shape index (κ2) is 9.17. The molecule has 2 heterocycles. The highest BCUT2D eigenvalue weighted by Gasteiger charge is 2.50. The van der Waals surface area contributed by atoms with E-state index in [1.54, 1.807) is 13.8 Å². The van der Waals surface area contributed by atoms with Gasteiger partial charge in [0.25, 0.3) is 0 Å². The normalized spacial score (nSPS) is 47.3. The highest BCUT2D eigenvalue weighted by Crippen LogP contribution is 2.29. The van der Waals surface area contributed by atoms with Crippen LogP contribution in [0.4, 0.5) is 0 Å². The highest BCUT2D eigenvalue weighted by molar-refractivity contribution is 4.94. The first-order valence-electron chi connectivity index (χ1n) is 8.45. The number of rotatable bonds is 6. The summed E-state index contributed by atoms with van der Waals surface area (Å²) in [7, 11) is 0. The molecule has 0 spiro atoms. The summed E-state index contributed by atoms with van der Waals surface area (Å²) in [4.78, 5) is 0. The van der Waals surface area contributed by atoms with E-state index >= 15 is 0 Å². The van der Waals surface area contributed by atoms with Gasteiger partial charge in [0.1, 0.15) is 48.8 Å². The lowest BCUT2D eigenvalue weighted by atomic mass is 9.97. The smallest absolute Gasteiger partial charge is 0.187 e. The minimum Gasteiger partial charge on any atom is -0.394 e. The van der Waals surface area contributed by atoms with Crippen LogP contribution in [0.1, 0.15) is 13.8 Å². The molecule has 26 heavy (non-hydrogen) atoms. The molecule has 2 aliphatic heterocycles. The molecule has 2 rings (SSSR count). The predicted octanol–water partition coefficient (Wildman–Crippen LogP) is -3.96. The van der Waals surface area contributed by atoms with E-state index < -0.39 is 74.6 Å². The molecule has 11 heteroatoms. The molecule has 0 radical (unpaired) electrons. The zero-order chi connectivity index (χ0) is 19.6. The van der Waals surface area contributed by atoms with Gasteiger partial charge in [-0.15, -0.1) is 0 Å². The second-order valence-electron chi connectivity index (χ2n) is 6.69. The van der Waals surface area contributed by atoms with Crippen LogP contribution in [-0.2, 0) is 18.9 Å². The lowest BCUT2D eigenvalue weighted by Crippen LogP contribution is -2.64. The van der Waals surface area contributed by atoms with Crippen LogP contribution in [0.25, 0.3) is 0 Å². The average molecular weight is 384 g/mol. The summed E-state index contributed by atoms with van der Waals surface area (Å²) < 4.78 is 21.4. The van der Waals surface area contributed by atoms with Crippen molar-refractivity contribution in [3.05, 3.63) is 0 Å². The topological polar surface area (TPSA) is 179 Å². The lowest BCUT2D eigenvalue weighted by Gasteiger charge is -2.46. The average Bonchev–Trinajstić information content (AvgIpc) is 2.60. The molecule has 0 saturated carbocycles. The Labute approximate surface area is 150 Å². The van der Waals surface area contributed by atoms with E-state index in [1.807, 2.05) is 0 Å². The molecule has 0 aromatic heterocycles. The van der Waals surface area contributed by atoms with Gasteiger partial charge in [-0.25, -0.2) is 0 Å². The molecule has 2 fully saturated rings. The maximum absolute atomic E-state index is 10.3. The van der Waals surface area contributed by atoms with Gasteiger partial charge in [-0.3, -0.25) is 0 Å². The third-order valence-electron chi connectivity index (χ3n) is 4.37. The zero-order valence-electron chi connectivity index (χ0n) is 14.5. The summed E-state index contributed by atoms with van der Waals surface area (Å²) in [6, 6.07) is 0. The van der Waals surface area contributed by atoms with Crippen molar-refractivity contribution in [2.75, 3.05) is 13.2 Å². The van der Waals surface area contributed by atoms with E-state index in [4.69, 9.17) is 18.9 Å². The van der Waals surface area contributed by atoms with Crippen LogP contribution in [0.15, 0.2) is 0 Å². The number of hydrogen-bond acceptors (Lipinski definition) is 11. The molecule has 2 saturated heterocycles. The van der Waals surface area contributed by atoms with Crippen LogP contribution in [-0.4, -0.2) is 116 Å². The molecule has 10 atom stereocenters. The minimum absolute atomic E-state index is 0.316. The van der Waals surface area contributed by atoms with Gasteiger partial charge in [0.2, 0.25) is 0 Å². The van der Waals surface area contributed by atoms with Crippen molar-refractivity contribution in [2.24, 2.45) is 0 Å². The third kappa shape index (κ3) is 4.51. The zero-order valence-corrected chi connectivity index (χ0v) is 14.5. The Morgan fingerprint density at radius 3 is 1.81 bits per heavy atom. The molecule has 2 aliphatic rings. The van der Waals surface area contributed by atoms with E-state index in [1.165, 1.54) is 0 Å². The summed E-state index contributed by atoms with van der Waals surface area (Å²) >= 11 is 0. The fourth-order valence-electron chi connectivity index (χ4n) is 2.94. The van der Waals surface area contributed by atoms with Gasteiger partial charge in [0, 0.05) is 0 Å². The summed E-state index contributed by atoms with van der Waals surface area (Å²) in [5.74, 6) is 0. The first kappa shape index (κ1) is 21.9. The summed E-state index contributed by atoms with van der Waals surface area (Å²) in [5, 5.41) is 68.8. The van der Waals surface area contributed by atoms with Crippen molar-refractivity contribution in [3.63, 3.8) is 0 Å². The molecule has 0 amide bonds. The van der Waals surface area contributed by atoms with Gasteiger partial charge < -0.3 is 54.7 Å². The Kier molecular flexibility index (Phi) is 7.71. The molecule has 11 nitrogen and oxygen atoms in total. The van der Waals surface area contributed by atoms with Gasteiger partial charge in [-0.05, 0) is 13.8 Å². The predicted molar refractivity (Wildman–Crippen MR) is 82.6 cm³/mol. The van der Waals surface area contributed by atoms with Crippen molar-refractivity contribution >= 4 is 0 Å². The number of hydrogen-bond donors (Lipinski definition) is 7. The SMILES string of the molecule is CC(C)O[C@@H]1OC(CO)[C@H](O[C@@H]2OC(CO)[C@H](O)[C@@H](O)C2O)[C@@H](O)C1O. The van der Waals surface area contributed by atoms with Gasteiger partial charge in [0.05, 0.1) is 19.3 Å². The second-order valence-corrected chi connectivity index (χ2v) is 6.69. The first-order valence-corrected chi connectivity index (χ1v) is 8.45. The number of ether oxygens (including phenoxy) is 4. The van der Waals surface area contributed by atoms with Crippen LogP contribution in [0.2, 0.25) is 0 Å². The Balaban J connectivity index is 2.11. The van der Waals surface area contributed by atoms with E-state index in [2.05, 4.69) is 0 Å². The first-order chi connectivity index (χ1) is 12.2. The monoisotopic (exact) mass is 384 g/mol. The van der Waals surface area contributed by atoms with Crippen molar-refractivity contribution < 1.29 is 54.7 Å². The molecule has 4 unspecified atom stereocenters. The fourth-order valence-corrected chi connectivity index (χ4v) is 2.94. The van der Waals surface area contributed by atoms with Crippen molar-refractivity contribution in [3.8, 4) is 0 Å². The highest BCUT2D eigenvalue weighted by atomic mass is 16.7. The molecule has 0 bridgehead atoms. The van der Waals surface area contributed by atoms with E-state index in [9.17, 15) is 35.7 Å². The maximum Gasteiger partial charge on any atom is 0.187 e. The number of aliphatic hydroxyl groups excluding tert-OH is 7. The number of aliphatic hydroxyl groups is 7. The van der Waals surface area contributed by atoms with Crippen LogP contribution in [0, 0.1) is 0 Å². The Morgan fingerprint density at radius 2 is 1.27 bits per heavy atom. The molecule has 154 valence electrons. The standard InChI is InChI=1S/C15H28O11/c1-5(2)23-14-12(22)10(20)13(7(4-17)25-14)26-15-11(21)9(19)8(18)6(3-16)24-15/h5-22H,3-4H2,1-2H3/t6?,7?,8-,9+,10-,11?,12?,13-,14+,15-/m0/s1. The van der Waals surface area contributed by atoms with Gasteiger partial charge in [-0.2, -0.15) is 0 Å². The van der Waals surface area contributed by atoms with Crippen LogP contribution < -0.4 is 0 Å². The van der Waals surface area contributed by atoms with Crippen molar-refractivity contribution in [1.29, 1.82) is 0 Å². The Bertz CT molecular complexity index is 432. The largest absolute Gasteiger partial charge is 0.394 e. The molecule has 0 aliphatic carbocycles. The molecular formula is C15H28O11. The molecular weight excluding hydrogens is 356 g/mol. The fraction of sp³-hybridized carbons (Fsp3) is 1.00. The molecule has 0 aromatic rings. The Hall–Kier alpha value is -0.440. The van der Waals surface area contributed by atoms with Gasteiger partial charge in [0.15, 0.2) is 12.6 Å². The Morgan fingerprint density at radius 1 is 0.731 bits per heavy atom. The van der Waals surface area contributed by atoms with Crippen LogP contribution in [0.3, 0.4) is 0 Å². The van der Waals surface area contributed by atoms with E-state index in [0.717, 1.165) is 0 Å². The van der Waals surface area contributed by atoms with Crippen molar-refractivity contribution in [1.82, 2.24) is 0 Å². The third-order valence-corrected chi connectivity index (χ3v) is 4.37. The van der Waals surface area contributed by atoms with Gasteiger partial charge in [-0.1, -0.05) is 0 Å². The summed E-state index contributed by atoms with van der Waals surface area (Å²) in [6.45, 7) is 2.16. The quantitative estimate of drug-likeness (QED) is 0.237. The van der Waals surface area contributed by atoms with Crippen molar-refractivity contribution in [2.45, 2.75) is 81.4 Å². The summed E-state index contributed by atoms with van der Waals surface area (Å²) in [5.41, 5.74) is 0. The molecule has 0 aromatic carbocycles. The van der Waals surface area contributed by atoms with E-state index in [-0.39, 0.29) is 6.10 Å². The van der Waals surface area contributed by atoms with Gasteiger partial charge >= 0.3 is 0 Å². The molecule has 7 N–H and O–H groups in total. The van der Waals surface area contributed by atoms with Crippen LogP contribution in [0.5, 0.6) is 0 Å². The van der Waals surface area contributed by atoms with Crippen LogP contribution >= 0.6 is 0 Å². The minimum atomic E-state index is -1.69. The summed E-state index contributed by atoms with van der Waals surface area (Å²) in [6.07, 6.45) is -14.7.